The topological polar surface area (TPSA) is 116 Å². The Morgan fingerprint density at radius 3 is 1.31 bits per heavy atom. The van der Waals surface area contributed by atoms with Crippen molar-refractivity contribution in [1.82, 2.24) is 29.7 Å². The van der Waals surface area contributed by atoms with Gasteiger partial charge in [-0.3, -0.25) is 9.80 Å². The van der Waals surface area contributed by atoms with Crippen LogP contribution in [0.1, 0.15) is 91.0 Å². The predicted molar refractivity (Wildman–Crippen MR) is 192 cm³/mol. The van der Waals surface area contributed by atoms with E-state index in [2.05, 4.69) is 90.4 Å². The zero-order valence-corrected chi connectivity index (χ0v) is 31.4. The number of halogens is 2. The molecule has 2 amide bonds. The van der Waals surface area contributed by atoms with Crippen molar-refractivity contribution in [2.75, 3.05) is 13.1 Å². The van der Waals surface area contributed by atoms with Crippen LogP contribution in [0.15, 0.2) is 57.7 Å². The number of carbonyl (C=O) groups is 2. The maximum absolute atomic E-state index is 12.9. The van der Waals surface area contributed by atoms with Gasteiger partial charge in [0.1, 0.15) is 43.4 Å². The number of ether oxygens (including phenoxy) is 2. The third kappa shape index (κ3) is 7.49. The fraction of sp³-hybridized carbons (Fsp3) is 0.444. The molecule has 2 atom stereocenters. The van der Waals surface area contributed by atoms with Gasteiger partial charge < -0.3 is 19.4 Å². The molecule has 254 valence electrons. The number of amides is 2. The highest BCUT2D eigenvalue weighted by atomic mass is 79.9. The Bertz CT molecular complexity index is 1650. The largest absolute Gasteiger partial charge is 0.444 e. The van der Waals surface area contributed by atoms with Gasteiger partial charge in [-0.05, 0) is 110 Å². The summed E-state index contributed by atoms with van der Waals surface area (Å²) >= 11 is 7.32. The molecule has 2 saturated heterocycles. The Morgan fingerprint density at radius 2 is 0.979 bits per heavy atom. The first-order valence-corrected chi connectivity index (χ1v) is 18.0. The monoisotopic (exact) mass is 780 g/mol. The van der Waals surface area contributed by atoms with E-state index in [9.17, 15) is 9.59 Å². The smallest absolute Gasteiger partial charge is 0.410 e. The number of likely N-dealkylation sites (tertiary alicyclic amines) is 2. The molecule has 4 heterocycles. The van der Waals surface area contributed by atoms with E-state index >= 15 is 0 Å². The number of benzene rings is 2. The van der Waals surface area contributed by atoms with Crippen molar-refractivity contribution in [3.63, 3.8) is 0 Å². The second-order valence-corrected chi connectivity index (χ2v) is 16.0. The van der Waals surface area contributed by atoms with Crippen LogP contribution in [0.3, 0.4) is 0 Å². The highest BCUT2D eigenvalue weighted by Crippen LogP contribution is 2.38. The maximum Gasteiger partial charge on any atom is 0.410 e. The lowest BCUT2D eigenvalue weighted by atomic mass is 10.0. The molecule has 12 heteroatoms. The normalized spacial score (nSPS) is 18.4. The first kappa shape index (κ1) is 34.2. The number of aromatic amines is 2. The van der Waals surface area contributed by atoms with Crippen molar-refractivity contribution in [2.45, 2.75) is 90.5 Å². The molecule has 0 radical (unpaired) electrons. The lowest BCUT2D eigenvalue weighted by molar-refractivity contribution is 0.0208. The number of carbonyl (C=O) groups excluding carboxylic acids is 2. The number of nitrogens with zero attached hydrogens (tertiary/aromatic N) is 4. The Hall–Kier alpha value is -3.64. The van der Waals surface area contributed by atoms with E-state index < -0.39 is 11.2 Å². The van der Waals surface area contributed by atoms with Gasteiger partial charge >= 0.3 is 12.2 Å². The zero-order chi connectivity index (χ0) is 34.4. The number of imidazole rings is 2. The SMILES string of the molecule is CC(C)(C)OC(=O)N1CCCC1c1nc(-c2ccc(-c3ccc(-c4nc(C5CCCN5C(=O)OC(C)(C)C)[nH]c4Br)cc3)cc2)c(Br)[nH]1. The minimum atomic E-state index is -0.553. The molecule has 2 fully saturated rings. The van der Waals surface area contributed by atoms with Crippen LogP contribution < -0.4 is 0 Å². The maximum atomic E-state index is 12.9. The standard InChI is InChI=1S/C36H42Br2N6O4/c1-35(2,3)47-33(45)43-19-7-9-25(43)31-39-27(29(37)41-31)23-15-11-21(12-16-23)22-13-17-24(18-14-22)28-30(38)42-32(40-28)26-10-8-20-44(26)34(46)48-36(4,5)6/h11-18,25-26H,7-10,19-20H2,1-6H3,(H,39,41)(H,40,42). The van der Waals surface area contributed by atoms with Crippen LogP contribution in [0.4, 0.5) is 9.59 Å². The van der Waals surface area contributed by atoms with Gasteiger partial charge in [-0.1, -0.05) is 48.5 Å². The lowest BCUT2D eigenvalue weighted by Gasteiger charge is -2.27. The molecule has 2 N–H and O–H groups in total. The molecule has 10 nitrogen and oxygen atoms in total. The van der Waals surface area contributed by atoms with Crippen molar-refractivity contribution in [2.24, 2.45) is 0 Å². The number of rotatable bonds is 5. The number of hydrogen-bond donors (Lipinski definition) is 2. The van der Waals surface area contributed by atoms with Gasteiger partial charge in [0, 0.05) is 24.2 Å². The summed E-state index contributed by atoms with van der Waals surface area (Å²) in [6.07, 6.45) is 2.83. The summed E-state index contributed by atoms with van der Waals surface area (Å²) in [4.78, 5) is 45.8. The molecule has 2 aromatic carbocycles. The van der Waals surface area contributed by atoms with Crippen molar-refractivity contribution < 1.29 is 19.1 Å². The van der Waals surface area contributed by atoms with Crippen LogP contribution in [0.2, 0.25) is 0 Å². The summed E-state index contributed by atoms with van der Waals surface area (Å²) in [7, 11) is 0. The number of H-pyrrole nitrogens is 2. The second kappa shape index (κ2) is 13.3. The molecule has 2 unspecified atom stereocenters. The van der Waals surface area contributed by atoms with Crippen LogP contribution in [-0.2, 0) is 9.47 Å². The van der Waals surface area contributed by atoms with E-state index in [0.717, 1.165) is 80.2 Å². The molecular weight excluding hydrogens is 740 g/mol. The molecule has 0 saturated carbocycles. The van der Waals surface area contributed by atoms with E-state index in [-0.39, 0.29) is 24.3 Å². The quantitative estimate of drug-likeness (QED) is 0.208. The van der Waals surface area contributed by atoms with Gasteiger partial charge in [-0.2, -0.15) is 0 Å². The molecule has 2 aliphatic rings. The predicted octanol–water partition coefficient (Wildman–Crippen LogP) is 9.80. The Labute approximate surface area is 298 Å². The molecule has 0 spiro atoms. The summed E-state index contributed by atoms with van der Waals surface area (Å²) in [6, 6.07) is 16.3. The average molecular weight is 783 g/mol. The molecule has 6 rings (SSSR count). The van der Waals surface area contributed by atoms with Gasteiger partial charge in [0.25, 0.3) is 0 Å². The Balaban J connectivity index is 1.15. The van der Waals surface area contributed by atoms with Crippen molar-refractivity contribution in [3.8, 4) is 33.6 Å². The number of hydrogen-bond acceptors (Lipinski definition) is 6. The van der Waals surface area contributed by atoms with Crippen molar-refractivity contribution in [1.29, 1.82) is 0 Å². The lowest BCUT2D eigenvalue weighted by Crippen LogP contribution is -2.36. The number of aromatic nitrogens is 4. The van der Waals surface area contributed by atoms with Crippen LogP contribution >= 0.6 is 31.9 Å². The van der Waals surface area contributed by atoms with E-state index in [1.165, 1.54) is 0 Å². The highest BCUT2D eigenvalue weighted by molar-refractivity contribution is 9.10. The van der Waals surface area contributed by atoms with Gasteiger partial charge in [-0.25, -0.2) is 19.6 Å². The van der Waals surface area contributed by atoms with E-state index in [4.69, 9.17) is 19.4 Å². The fourth-order valence-corrected chi connectivity index (χ4v) is 7.30. The Morgan fingerprint density at radius 1 is 0.646 bits per heavy atom. The molecule has 0 aliphatic carbocycles. The first-order valence-electron chi connectivity index (χ1n) is 16.4. The van der Waals surface area contributed by atoms with Crippen LogP contribution in [0.5, 0.6) is 0 Å². The van der Waals surface area contributed by atoms with Gasteiger partial charge in [0.05, 0.1) is 12.1 Å². The molecule has 2 aromatic heterocycles. The summed E-state index contributed by atoms with van der Waals surface area (Å²) in [6.45, 7) is 12.6. The summed E-state index contributed by atoms with van der Waals surface area (Å²) in [5.74, 6) is 1.50. The third-order valence-corrected chi connectivity index (χ3v) is 9.55. The molecule has 4 aromatic rings. The summed E-state index contributed by atoms with van der Waals surface area (Å²) in [5, 5.41) is 0. The van der Waals surface area contributed by atoms with Gasteiger partial charge in [-0.15, -0.1) is 0 Å². The van der Waals surface area contributed by atoms with E-state index in [0.29, 0.717) is 13.1 Å². The number of nitrogens with one attached hydrogen (secondary N) is 2. The molecular formula is C36H42Br2N6O4. The van der Waals surface area contributed by atoms with Crippen LogP contribution in [-0.4, -0.2) is 66.2 Å². The van der Waals surface area contributed by atoms with Crippen LogP contribution in [0.25, 0.3) is 33.6 Å². The van der Waals surface area contributed by atoms with Crippen molar-refractivity contribution in [3.05, 3.63) is 69.4 Å². The third-order valence-electron chi connectivity index (χ3n) is 8.40. The summed E-state index contributed by atoms with van der Waals surface area (Å²) < 4.78 is 12.8. The van der Waals surface area contributed by atoms with Crippen molar-refractivity contribution >= 4 is 44.0 Å². The minimum Gasteiger partial charge on any atom is -0.444 e. The fourth-order valence-electron chi connectivity index (χ4n) is 6.26. The first-order chi connectivity index (χ1) is 22.7. The second-order valence-electron chi connectivity index (χ2n) is 14.4. The minimum absolute atomic E-state index is 0.157. The molecule has 2 aliphatic heterocycles. The van der Waals surface area contributed by atoms with E-state index in [1.54, 1.807) is 9.80 Å². The van der Waals surface area contributed by atoms with Gasteiger partial charge in [0.2, 0.25) is 0 Å². The Kier molecular flexibility index (Phi) is 9.52. The van der Waals surface area contributed by atoms with E-state index in [1.807, 2.05) is 41.5 Å². The molecule has 48 heavy (non-hydrogen) atoms. The van der Waals surface area contributed by atoms with Gasteiger partial charge in [0.15, 0.2) is 0 Å². The summed E-state index contributed by atoms with van der Waals surface area (Å²) in [5.41, 5.74) is 4.57. The zero-order valence-electron chi connectivity index (χ0n) is 28.2. The van der Waals surface area contributed by atoms with Crippen LogP contribution in [0, 0.1) is 0 Å². The highest BCUT2D eigenvalue weighted by Gasteiger charge is 2.37. The average Bonchev–Trinajstić information content (AvgIpc) is 3.81. The molecule has 0 bridgehead atoms.